The molecule has 1 aromatic carbocycles. The summed E-state index contributed by atoms with van der Waals surface area (Å²) in [4.78, 5) is 20.1. The summed E-state index contributed by atoms with van der Waals surface area (Å²) in [5.41, 5.74) is 3.47. The Morgan fingerprint density at radius 2 is 2.14 bits per heavy atom. The first-order valence-electron chi connectivity index (χ1n) is 7.08. The molecule has 0 aliphatic carbocycles. The van der Waals surface area contributed by atoms with Crippen LogP contribution in [0.1, 0.15) is 35.0 Å². The molecule has 0 unspecified atom stereocenters. The van der Waals surface area contributed by atoms with Gasteiger partial charge in [-0.1, -0.05) is 6.92 Å². The topological polar surface area (TPSA) is 66.9 Å². The molecule has 0 aliphatic rings. The van der Waals surface area contributed by atoms with Crippen molar-refractivity contribution in [3.63, 3.8) is 0 Å². The van der Waals surface area contributed by atoms with Crippen LogP contribution in [0.15, 0.2) is 36.8 Å². The van der Waals surface area contributed by atoms with E-state index in [1.54, 1.807) is 12.3 Å². The SMILES string of the molecule is CCCNc1ccc(C(=O)NCc2ccncn2)c(C)c1. The molecular weight excluding hydrogens is 264 g/mol. The van der Waals surface area contributed by atoms with Crippen molar-refractivity contribution in [2.24, 2.45) is 0 Å². The third-order valence-corrected chi connectivity index (χ3v) is 3.12. The van der Waals surface area contributed by atoms with Gasteiger partial charge in [-0.3, -0.25) is 4.79 Å². The van der Waals surface area contributed by atoms with E-state index in [9.17, 15) is 4.79 Å². The van der Waals surface area contributed by atoms with Crippen molar-refractivity contribution < 1.29 is 4.79 Å². The summed E-state index contributed by atoms with van der Waals surface area (Å²) >= 11 is 0. The Bertz CT molecular complexity index is 598. The number of aryl methyl sites for hydroxylation is 1. The van der Waals surface area contributed by atoms with E-state index in [4.69, 9.17) is 0 Å². The summed E-state index contributed by atoms with van der Waals surface area (Å²) in [6.07, 6.45) is 4.20. The van der Waals surface area contributed by atoms with Crippen molar-refractivity contribution in [2.75, 3.05) is 11.9 Å². The predicted octanol–water partition coefficient (Wildman–Crippen LogP) is 2.54. The summed E-state index contributed by atoms with van der Waals surface area (Å²) in [6, 6.07) is 7.56. The van der Waals surface area contributed by atoms with Gasteiger partial charge >= 0.3 is 0 Å². The summed E-state index contributed by atoms with van der Waals surface area (Å²) < 4.78 is 0. The normalized spacial score (nSPS) is 10.2. The van der Waals surface area contributed by atoms with Crippen molar-refractivity contribution in [2.45, 2.75) is 26.8 Å². The van der Waals surface area contributed by atoms with E-state index in [2.05, 4.69) is 27.5 Å². The molecule has 1 aromatic heterocycles. The Kier molecular flexibility index (Phi) is 5.26. The Hall–Kier alpha value is -2.43. The van der Waals surface area contributed by atoms with Gasteiger partial charge in [0.15, 0.2) is 0 Å². The van der Waals surface area contributed by atoms with Gasteiger partial charge in [0.2, 0.25) is 0 Å². The highest BCUT2D eigenvalue weighted by Crippen LogP contribution is 2.15. The van der Waals surface area contributed by atoms with Gasteiger partial charge in [-0.05, 0) is 43.2 Å². The fourth-order valence-corrected chi connectivity index (χ4v) is 1.99. The molecule has 0 bridgehead atoms. The molecule has 1 heterocycles. The monoisotopic (exact) mass is 284 g/mol. The molecular formula is C16H20N4O. The molecule has 1 amide bonds. The second-order valence-corrected chi connectivity index (χ2v) is 4.84. The van der Waals surface area contributed by atoms with Gasteiger partial charge in [0.05, 0.1) is 12.2 Å². The Morgan fingerprint density at radius 1 is 1.29 bits per heavy atom. The number of hydrogen-bond acceptors (Lipinski definition) is 4. The quantitative estimate of drug-likeness (QED) is 0.855. The first-order valence-corrected chi connectivity index (χ1v) is 7.08. The standard InChI is InChI=1S/C16H20N4O/c1-3-7-18-13-4-5-15(12(2)9-13)16(21)19-10-14-6-8-17-11-20-14/h4-6,8-9,11,18H,3,7,10H2,1-2H3,(H,19,21). The summed E-state index contributed by atoms with van der Waals surface area (Å²) in [6.45, 7) is 5.39. The van der Waals surface area contributed by atoms with E-state index in [1.165, 1.54) is 6.33 Å². The maximum atomic E-state index is 12.2. The van der Waals surface area contributed by atoms with Gasteiger partial charge in [-0.2, -0.15) is 0 Å². The largest absolute Gasteiger partial charge is 0.385 e. The fraction of sp³-hybridized carbons (Fsp3) is 0.312. The van der Waals surface area contributed by atoms with Crippen LogP contribution in [0.25, 0.3) is 0 Å². The molecule has 0 saturated carbocycles. The molecule has 2 N–H and O–H groups in total. The number of aromatic nitrogens is 2. The number of rotatable bonds is 6. The highest BCUT2D eigenvalue weighted by atomic mass is 16.1. The Balaban J connectivity index is 1.99. The number of carbonyl (C=O) groups excluding carboxylic acids is 1. The zero-order valence-electron chi connectivity index (χ0n) is 12.4. The first kappa shape index (κ1) is 15.0. The van der Waals surface area contributed by atoms with Crippen molar-refractivity contribution in [3.05, 3.63) is 53.6 Å². The van der Waals surface area contributed by atoms with Gasteiger partial charge in [-0.15, -0.1) is 0 Å². The van der Waals surface area contributed by atoms with Gasteiger partial charge in [-0.25, -0.2) is 9.97 Å². The lowest BCUT2D eigenvalue weighted by atomic mass is 10.1. The van der Waals surface area contributed by atoms with Crippen molar-refractivity contribution >= 4 is 11.6 Å². The molecule has 5 heteroatoms. The molecule has 0 radical (unpaired) electrons. The van der Waals surface area contributed by atoms with E-state index < -0.39 is 0 Å². The highest BCUT2D eigenvalue weighted by Gasteiger charge is 2.09. The number of hydrogen-bond donors (Lipinski definition) is 2. The highest BCUT2D eigenvalue weighted by molar-refractivity contribution is 5.96. The van der Waals surface area contributed by atoms with Crippen LogP contribution in [-0.2, 0) is 6.54 Å². The lowest BCUT2D eigenvalue weighted by molar-refractivity contribution is 0.0950. The van der Waals surface area contributed by atoms with E-state index >= 15 is 0 Å². The van der Waals surface area contributed by atoms with Crippen LogP contribution >= 0.6 is 0 Å². The lowest BCUT2D eigenvalue weighted by Crippen LogP contribution is -2.24. The lowest BCUT2D eigenvalue weighted by Gasteiger charge is -2.10. The van der Waals surface area contributed by atoms with Crippen molar-refractivity contribution in [1.29, 1.82) is 0 Å². The number of nitrogens with one attached hydrogen (secondary N) is 2. The van der Waals surface area contributed by atoms with Crippen molar-refractivity contribution in [1.82, 2.24) is 15.3 Å². The molecule has 0 atom stereocenters. The second-order valence-electron chi connectivity index (χ2n) is 4.84. The molecule has 110 valence electrons. The number of amides is 1. The third kappa shape index (κ3) is 4.27. The van der Waals surface area contributed by atoms with Crippen LogP contribution < -0.4 is 10.6 Å². The van der Waals surface area contributed by atoms with Crippen LogP contribution in [0.3, 0.4) is 0 Å². The molecule has 21 heavy (non-hydrogen) atoms. The average Bonchev–Trinajstić information content (AvgIpc) is 2.51. The van der Waals surface area contributed by atoms with Crippen LogP contribution in [0.2, 0.25) is 0 Å². The Labute approximate surface area is 124 Å². The van der Waals surface area contributed by atoms with Crippen LogP contribution in [0, 0.1) is 6.92 Å². The zero-order chi connectivity index (χ0) is 15.1. The maximum absolute atomic E-state index is 12.2. The fourth-order valence-electron chi connectivity index (χ4n) is 1.99. The van der Waals surface area contributed by atoms with Gasteiger partial charge in [0.25, 0.3) is 5.91 Å². The van der Waals surface area contributed by atoms with E-state index in [0.29, 0.717) is 12.1 Å². The number of nitrogens with zero attached hydrogens (tertiary/aromatic N) is 2. The van der Waals surface area contributed by atoms with Crippen LogP contribution in [0.4, 0.5) is 5.69 Å². The van der Waals surface area contributed by atoms with E-state index in [-0.39, 0.29) is 5.91 Å². The molecule has 0 saturated heterocycles. The minimum Gasteiger partial charge on any atom is -0.385 e. The van der Waals surface area contributed by atoms with E-state index in [1.807, 2.05) is 25.1 Å². The first-order chi connectivity index (χ1) is 10.2. The molecule has 2 rings (SSSR count). The van der Waals surface area contributed by atoms with Crippen molar-refractivity contribution in [3.8, 4) is 0 Å². The molecule has 0 fully saturated rings. The number of benzene rings is 1. The predicted molar refractivity (Wildman–Crippen MR) is 83.2 cm³/mol. The van der Waals surface area contributed by atoms with Crippen LogP contribution in [-0.4, -0.2) is 22.4 Å². The number of carbonyl (C=O) groups is 1. The second kappa shape index (κ2) is 7.38. The summed E-state index contributed by atoms with van der Waals surface area (Å²) in [5.74, 6) is -0.0897. The minimum absolute atomic E-state index is 0.0897. The smallest absolute Gasteiger partial charge is 0.251 e. The summed E-state index contributed by atoms with van der Waals surface area (Å²) in [7, 11) is 0. The molecule has 2 aromatic rings. The summed E-state index contributed by atoms with van der Waals surface area (Å²) in [5, 5.41) is 6.18. The van der Waals surface area contributed by atoms with E-state index in [0.717, 1.165) is 29.9 Å². The number of anilines is 1. The molecule has 5 nitrogen and oxygen atoms in total. The molecule has 0 spiro atoms. The third-order valence-electron chi connectivity index (χ3n) is 3.12. The zero-order valence-corrected chi connectivity index (χ0v) is 12.4. The van der Waals surface area contributed by atoms with Gasteiger partial charge in [0.1, 0.15) is 6.33 Å². The maximum Gasteiger partial charge on any atom is 0.251 e. The van der Waals surface area contributed by atoms with Crippen LogP contribution in [0.5, 0.6) is 0 Å². The van der Waals surface area contributed by atoms with Gasteiger partial charge < -0.3 is 10.6 Å². The Morgan fingerprint density at radius 3 is 2.81 bits per heavy atom. The average molecular weight is 284 g/mol. The minimum atomic E-state index is -0.0897. The molecule has 0 aliphatic heterocycles. The van der Waals surface area contributed by atoms with Gasteiger partial charge in [0, 0.05) is 24.0 Å².